The zero-order valence-corrected chi connectivity index (χ0v) is 24.2. The number of hydrogen-bond acceptors (Lipinski definition) is 8. The number of carbonyl (C=O) groups is 3. The predicted octanol–water partition coefficient (Wildman–Crippen LogP) is 4.32. The highest BCUT2D eigenvalue weighted by molar-refractivity contribution is 6.03. The molecule has 2 N–H and O–H groups in total. The highest BCUT2D eigenvalue weighted by Gasteiger charge is 2.57. The minimum absolute atomic E-state index is 0.00101. The lowest BCUT2D eigenvalue weighted by atomic mass is 9.72. The molecule has 45 heavy (non-hydrogen) atoms. The molecule has 2 aromatic heterocycles. The van der Waals surface area contributed by atoms with Crippen LogP contribution in [0.1, 0.15) is 55.1 Å². The zero-order chi connectivity index (χ0) is 32.4. The first kappa shape index (κ1) is 32.0. The van der Waals surface area contributed by atoms with Gasteiger partial charge >= 0.3 is 18.2 Å². The Morgan fingerprint density at radius 1 is 1.18 bits per heavy atom. The van der Waals surface area contributed by atoms with Crippen molar-refractivity contribution in [1.29, 1.82) is 0 Å². The molecule has 0 spiro atoms. The Hall–Kier alpha value is -4.37. The number of piperidine rings is 1. The number of aromatic nitrogens is 4. The van der Waals surface area contributed by atoms with E-state index in [1.807, 2.05) is 6.07 Å². The Morgan fingerprint density at radius 3 is 2.56 bits per heavy atom. The molecule has 3 heterocycles. The lowest BCUT2D eigenvalue weighted by Gasteiger charge is -2.38. The van der Waals surface area contributed by atoms with Crippen LogP contribution in [-0.2, 0) is 32.1 Å². The summed E-state index contributed by atoms with van der Waals surface area (Å²) in [7, 11) is 0.977. The van der Waals surface area contributed by atoms with Gasteiger partial charge in [0, 0.05) is 25.8 Å². The fourth-order valence-corrected chi connectivity index (χ4v) is 5.90. The van der Waals surface area contributed by atoms with Crippen molar-refractivity contribution in [3.05, 3.63) is 59.7 Å². The van der Waals surface area contributed by atoms with Gasteiger partial charge in [0.05, 0.1) is 42.9 Å². The van der Waals surface area contributed by atoms with Crippen molar-refractivity contribution in [3.8, 4) is 0 Å². The summed E-state index contributed by atoms with van der Waals surface area (Å²) >= 11 is 0. The molecule has 242 valence electrons. The molecule has 2 aliphatic rings. The van der Waals surface area contributed by atoms with Gasteiger partial charge in [-0.2, -0.15) is 18.3 Å². The lowest BCUT2D eigenvalue weighted by molar-refractivity contribution is -0.195. The topological polar surface area (TPSA) is 137 Å². The number of ether oxygens (including phenoxy) is 2. The number of esters is 1. The van der Waals surface area contributed by atoms with Crippen molar-refractivity contribution in [1.82, 2.24) is 30.2 Å². The third-order valence-corrected chi connectivity index (χ3v) is 8.35. The average molecular weight is 639 g/mol. The van der Waals surface area contributed by atoms with E-state index in [0.29, 0.717) is 0 Å². The van der Waals surface area contributed by atoms with Crippen LogP contribution < -0.4 is 10.6 Å². The summed E-state index contributed by atoms with van der Waals surface area (Å²) in [4.78, 5) is 47.1. The summed E-state index contributed by atoms with van der Waals surface area (Å²) in [6, 6.07) is 8.08. The van der Waals surface area contributed by atoms with Crippen LogP contribution in [0.5, 0.6) is 0 Å². The smallest absolute Gasteiger partial charge is 0.408 e. The zero-order valence-electron chi connectivity index (χ0n) is 24.2. The van der Waals surface area contributed by atoms with Crippen LogP contribution in [0.3, 0.4) is 0 Å². The number of halogens is 5. The number of fused-ring (bicyclic) bond motifs is 1. The van der Waals surface area contributed by atoms with E-state index in [4.69, 9.17) is 9.47 Å². The SMILES string of the molecule is COC(=O)C1(Cc2cnc3nc([C@@H](NC(=O)OCc4ccccc4)C4CCC(F)(F)CC4)cn3n2)C[C@@H](C(F)(F)F)CNC1=O. The first-order valence-corrected chi connectivity index (χ1v) is 14.3. The van der Waals surface area contributed by atoms with Crippen LogP contribution in [0.15, 0.2) is 42.7 Å². The van der Waals surface area contributed by atoms with Gasteiger partial charge in [-0.05, 0) is 30.7 Å². The molecule has 16 heteroatoms. The van der Waals surface area contributed by atoms with Crippen molar-refractivity contribution in [2.75, 3.05) is 13.7 Å². The molecule has 1 aromatic carbocycles. The molecule has 5 rings (SSSR count). The number of nitrogens with zero attached hydrogens (tertiary/aromatic N) is 4. The van der Waals surface area contributed by atoms with Crippen LogP contribution in [0.2, 0.25) is 0 Å². The molecule has 3 aromatic rings. The molecular formula is C29H31F5N6O5. The molecule has 0 radical (unpaired) electrons. The number of hydrogen-bond donors (Lipinski definition) is 2. The van der Waals surface area contributed by atoms with Crippen LogP contribution in [0, 0.1) is 17.3 Å². The fraction of sp³-hybridized carbons (Fsp3) is 0.517. The van der Waals surface area contributed by atoms with Gasteiger partial charge in [0.1, 0.15) is 6.61 Å². The largest absolute Gasteiger partial charge is 0.468 e. The number of amides is 2. The van der Waals surface area contributed by atoms with Gasteiger partial charge in [-0.1, -0.05) is 30.3 Å². The number of benzene rings is 1. The lowest BCUT2D eigenvalue weighted by Crippen LogP contribution is -2.57. The first-order valence-electron chi connectivity index (χ1n) is 14.3. The fourth-order valence-electron chi connectivity index (χ4n) is 5.90. The molecule has 1 aliphatic heterocycles. The van der Waals surface area contributed by atoms with Gasteiger partial charge < -0.3 is 20.1 Å². The van der Waals surface area contributed by atoms with E-state index in [1.54, 1.807) is 24.3 Å². The van der Waals surface area contributed by atoms with Crippen LogP contribution in [-0.4, -0.2) is 63.3 Å². The van der Waals surface area contributed by atoms with E-state index in [1.165, 1.54) is 16.9 Å². The molecule has 1 saturated carbocycles. The van der Waals surface area contributed by atoms with Gasteiger partial charge in [0.2, 0.25) is 11.8 Å². The van der Waals surface area contributed by atoms with E-state index in [-0.39, 0.29) is 49.5 Å². The van der Waals surface area contributed by atoms with Crippen molar-refractivity contribution in [2.45, 2.75) is 63.3 Å². The number of rotatable bonds is 8. The van der Waals surface area contributed by atoms with Crippen LogP contribution >= 0.6 is 0 Å². The van der Waals surface area contributed by atoms with Gasteiger partial charge in [-0.15, -0.1) is 0 Å². The molecule has 1 unspecified atom stereocenters. The van der Waals surface area contributed by atoms with Crippen molar-refractivity contribution < 1.29 is 45.8 Å². The molecule has 2 amide bonds. The summed E-state index contributed by atoms with van der Waals surface area (Å²) in [6.45, 7) is -0.698. The molecule has 0 bridgehead atoms. The Labute approximate surface area is 253 Å². The van der Waals surface area contributed by atoms with Crippen LogP contribution in [0.4, 0.5) is 26.7 Å². The number of carbonyl (C=O) groups excluding carboxylic acids is 3. The van der Waals surface area contributed by atoms with Crippen molar-refractivity contribution >= 4 is 23.7 Å². The molecule has 11 nitrogen and oxygen atoms in total. The summed E-state index contributed by atoms with van der Waals surface area (Å²) in [6.07, 6.45) is -4.82. The van der Waals surface area contributed by atoms with E-state index in [2.05, 4.69) is 25.7 Å². The minimum atomic E-state index is -4.67. The second-order valence-electron chi connectivity index (χ2n) is 11.4. The second-order valence-corrected chi connectivity index (χ2v) is 11.4. The number of nitrogens with one attached hydrogen (secondary N) is 2. The Kier molecular flexibility index (Phi) is 8.94. The van der Waals surface area contributed by atoms with E-state index >= 15 is 0 Å². The third kappa shape index (κ3) is 7.14. The van der Waals surface area contributed by atoms with Gasteiger partial charge in [0.15, 0.2) is 5.41 Å². The Bertz CT molecular complexity index is 1530. The van der Waals surface area contributed by atoms with Crippen molar-refractivity contribution in [3.63, 3.8) is 0 Å². The second kappa shape index (κ2) is 12.6. The number of methoxy groups -OCH3 is 1. The highest BCUT2D eigenvalue weighted by Crippen LogP contribution is 2.43. The molecular weight excluding hydrogens is 607 g/mol. The maximum atomic E-state index is 14.0. The van der Waals surface area contributed by atoms with Gasteiger partial charge in [-0.25, -0.2) is 28.1 Å². The predicted molar refractivity (Wildman–Crippen MR) is 146 cm³/mol. The molecule has 2 fully saturated rings. The average Bonchev–Trinajstić information content (AvgIpc) is 3.43. The normalized spacial score (nSPS) is 22.8. The molecule has 1 saturated heterocycles. The van der Waals surface area contributed by atoms with Crippen molar-refractivity contribution in [2.24, 2.45) is 17.3 Å². The summed E-state index contributed by atoms with van der Waals surface area (Å²) in [5.74, 6) is -7.26. The third-order valence-electron chi connectivity index (χ3n) is 8.35. The van der Waals surface area contributed by atoms with E-state index < -0.39 is 72.7 Å². The number of imidazole rings is 1. The van der Waals surface area contributed by atoms with E-state index in [9.17, 15) is 36.3 Å². The summed E-state index contributed by atoms with van der Waals surface area (Å²) < 4.78 is 80.0. The Balaban J connectivity index is 1.41. The quantitative estimate of drug-likeness (QED) is 0.212. The number of alkyl carbamates (subject to hydrolysis) is 1. The maximum absolute atomic E-state index is 14.0. The Morgan fingerprint density at radius 2 is 1.89 bits per heavy atom. The molecule has 1 aliphatic carbocycles. The van der Waals surface area contributed by atoms with Gasteiger partial charge in [0.25, 0.3) is 5.78 Å². The first-order chi connectivity index (χ1) is 21.3. The minimum Gasteiger partial charge on any atom is -0.468 e. The monoisotopic (exact) mass is 638 g/mol. The maximum Gasteiger partial charge on any atom is 0.408 e. The highest BCUT2D eigenvalue weighted by atomic mass is 19.4. The van der Waals surface area contributed by atoms with E-state index in [0.717, 1.165) is 12.7 Å². The van der Waals surface area contributed by atoms with Crippen LogP contribution in [0.25, 0.3) is 5.78 Å². The molecule has 3 atom stereocenters. The summed E-state index contributed by atoms with van der Waals surface area (Å²) in [5, 5.41) is 9.24. The standard InChI is InChI=1S/C29H31F5N6O5/c1-44-24(42)27(11-19(29(32,33)34)13-35-23(27)41)12-20-14-36-25-37-21(15-40(25)39-20)22(18-7-9-28(30,31)10-8-18)38-26(43)45-16-17-5-3-2-4-6-17/h2-6,14-15,18-19,22H,7-13,16H2,1H3,(H,35,41)(H,38,43)/t19-,22+,27?/m1/s1. The number of alkyl halides is 5. The summed E-state index contributed by atoms with van der Waals surface area (Å²) in [5.41, 5.74) is -1.22. The van der Waals surface area contributed by atoms with Gasteiger partial charge in [-0.3, -0.25) is 9.59 Å².